The summed E-state index contributed by atoms with van der Waals surface area (Å²) in [6.45, 7) is 6.62. The predicted octanol–water partition coefficient (Wildman–Crippen LogP) is 4.17. The normalized spacial score (nSPS) is 13.2. The van der Waals surface area contributed by atoms with Gasteiger partial charge in [0.15, 0.2) is 0 Å². The summed E-state index contributed by atoms with van der Waals surface area (Å²) in [4.78, 5) is 35.4. The summed E-state index contributed by atoms with van der Waals surface area (Å²) in [5, 5.41) is 21.3. The highest BCUT2D eigenvalue weighted by molar-refractivity contribution is 7.86. The van der Waals surface area contributed by atoms with Crippen molar-refractivity contribution < 1.29 is 46.7 Å². The maximum atomic E-state index is 12.2. The van der Waals surface area contributed by atoms with E-state index in [0.29, 0.717) is 18.6 Å². The number of amides is 1. The number of ether oxygens (including phenoxy) is 2. The minimum Gasteiger partial charge on any atom is -0.491 e. The van der Waals surface area contributed by atoms with Gasteiger partial charge in [0.1, 0.15) is 30.6 Å². The highest BCUT2D eigenvalue weighted by Crippen LogP contribution is 2.20. The number of benzene rings is 2. The molecule has 0 radical (unpaired) electrons. The first kappa shape index (κ1) is 32.6. The van der Waals surface area contributed by atoms with Crippen molar-refractivity contribution in [2.24, 2.45) is 5.92 Å². The fourth-order valence-electron chi connectivity index (χ4n) is 3.68. The van der Waals surface area contributed by atoms with E-state index in [0.717, 1.165) is 11.1 Å². The van der Waals surface area contributed by atoms with Gasteiger partial charge in [0.25, 0.3) is 10.1 Å². The molecule has 11 nitrogen and oxygen atoms in total. The summed E-state index contributed by atoms with van der Waals surface area (Å²) in [6, 6.07) is 12.0. The van der Waals surface area contributed by atoms with Crippen molar-refractivity contribution in [3.63, 3.8) is 0 Å². The van der Waals surface area contributed by atoms with Crippen LogP contribution in [0.3, 0.4) is 0 Å². The Morgan fingerprint density at radius 3 is 2.10 bits per heavy atom. The molecule has 2 aromatic carbocycles. The van der Waals surface area contributed by atoms with Crippen LogP contribution in [-0.4, -0.2) is 61.5 Å². The molecule has 0 aromatic heterocycles. The zero-order valence-electron chi connectivity index (χ0n) is 23.1. The molecule has 2 rings (SSSR count). The Hall–Kier alpha value is -3.64. The number of alkyl carbamates (subject to hydrolysis) is 1. The van der Waals surface area contributed by atoms with Crippen molar-refractivity contribution in [3.8, 4) is 5.75 Å². The van der Waals surface area contributed by atoms with Crippen molar-refractivity contribution in [2.45, 2.75) is 69.9 Å². The Morgan fingerprint density at radius 1 is 0.925 bits per heavy atom. The molecule has 2 aromatic rings. The number of carbonyl (C=O) groups excluding carboxylic acids is 1. The minimum absolute atomic E-state index is 0.0206. The number of aryl methyl sites for hydroxylation is 2. The van der Waals surface area contributed by atoms with Gasteiger partial charge in [-0.2, -0.15) is 8.42 Å². The second-order valence-corrected chi connectivity index (χ2v) is 11.9. The molecule has 0 saturated heterocycles. The van der Waals surface area contributed by atoms with Crippen LogP contribution in [-0.2, 0) is 35.0 Å². The standard InChI is InChI=1S/C28H37NO10S/c1-19-8-14-23(15-9-19)40(35,36)38-17-16-37-22-12-10-20(11-13-22)6-5-7-21(25(30)31)18-24(26(32)33)29-27(34)39-28(2,3)4/h8-15,21,24H,5-7,16-18H2,1-4H3,(H,29,34)(H,30,31)(H,32,33)/t21-,24+/m0/s1. The first-order valence-electron chi connectivity index (χ1n) is 12.8. The second kappa shape index (κ2) is 14.7. The molecule has 220 valence electrons. The van der Waals surface area contributed by atoms with E-state index in [9.17, 15) is 33.0 Å². The van der Waals surface area contributed by atoms with Crippen molar-refractivity contribution >= 4 is 28.1 Å². The molecule has 0 spiro atoms. The van der Waals surface area contributed by atoms with Crippen molar-refractivity contribution in [1.29, 1.82) is 0 Å². The van der Waals surface area contributed by atoms with Gasteiger partial charge >= 0.3 is 18.0 Å². The van der Waals surface area contributed by atoms with Crippen LogP contribution in [0.4, 0.5) is 4.79 Å². The summed E-state index contributed by atoms with van der Waals surface area (Å²) in [5.74, 6) is -2.95. The molecule has 12 heteroatoms. The summed E-state index contributed by atoms with van der Waals surface area (Å²) in [7, 11) is -3.87. The maximum absolute atomic E-state index is 12.2. The van der Waals surface area contributed by atoms with Gasteiger partial charge in [0, 0.05) is 0 Å². The number of nitrogens with one attached hydrogen (secondary N) is 1. The van der Waals surface area contributed by atoms with E-state index in [4.69, 9.17) is 13.7 Å². The number of carbonyl (C=O) groups is 3. The zero-order valence-corrected chi connectivity index (χ0v) is 23.9. The third-order valence-corrected chi connectivity index (χ3v) is 7.03. The monoisotopic (exact) mass is 579 g/mol. The number of aliphatic carboxylic acids is 2. The molecule has 3 N–H and O–H groups in total. The van der Waals surface area contributed by atoms with Crippen LogP contribution < -0.4 is 10.1 Å². The highest BCUT2D eigenvalue weighted by atomic mass is 32.2. The maximum Gasteiger partial charge on any atom is 0.408 e. The smallest absolute Gasteiger partial charge is 0.408 e. The van der Waals surface area contributed by atoms with E-state index in [1.165, 1.54) is 12.1 Å². The first-order chi connectivity index (χ1) is 18.7. The molecular formula is C28H37NO10S. The lowest BCUT2D eigenvalue weighted by Gasteiger charge is -2.23. The molecule has 0 aliphatic heterocycles. The van der Waals surface area contributed by atoms with Gasteiger partial charge in [-0.25, -0.2) is 9.59 Å². The third kappa shape index (κ3) is 11.6. The summed E-state index contributed by atoms with van der Waals surface area (Å²) in [6.07, 6.45) is 0.0177. The minimum atomic E-state index is -3.87. The second-order valence-electron chi connectivity index (χ2n) is 10.3. The van der Waals surface area contributed by atoms with Crippen molar-refractivity contribution in [2.75, 3.05) is 13.2 Å². The Kier molecular flexibility index (Phi) is 11.9. The number of carboxylic acids is 2. The van der Waals surface area contributed by atoms with Crippen LogP contribution >= 0.6 is 0 Å². The SMILES string of the molecule is Cc1ccc(S(=O)(=O)OCCOc2ccc(CCC[C@@H](C[C@@H](NC(=O)OC(C)(C)C)C(=O)O)C(=O)O)cc2)cc1. The lowest BCUT2D eigenvalue weighted by Crippen LogP contribution is -2.45. The Bertz CT molecular complexity index is 1240. The third-order valence-electron chi connectivity index (χ3n) is 5.70. The molecule has 0 aliphatic rings. The zero-order chi connectivity index (χ0) is 29.9. The van der Waals surface area contributed by atoms with Crippen molar-refractivity contribution in [1.82, 2.24) is 5.32 Å². The lowest BCUT2D eigenvalue weighted by atomic mass is 9.93. The van der Waals surface area contributed by atoms with E-state index in [-0.39, 0.29) is 31.0 Å². The van der Waals surface area contributed by atoms with Gasteiger partial charge in [-0.3, -0.25) is 8.98 Å². The summed E-state index contributed by atoms with van der Waals surface area (Å²) >= 11 is 0. The van der Waals surface area contributed by atoms with E-state index < -0.39 is 45.7 Å². The van der Waals surface area contributed by atoms with Gasteiger partial charge in [0.2, 0.25) is 0 Å². The van der Waals surface area contributed by atoms with Crippen LogP contribution in [0.25, 0.3) is 0 Å². The lowest BCUT2D eigenvalue weighted by molar-refractivity contribution is -0.144. The molecule has 1 amide bonds. The number of hydrogen-bond donors (Lipinski definition) is 3. The quantitative estimate of drug-likeness (QED) is 0.206. The van der Waals surface area contributed by atoms with Crippen LogP contribution in [0.1, 0.15) is 51.2 Å². The topological polar surface area (TPSA) is 166 Å². The van der Waals surface area contributed by atoms with Crippen LogP contribution in [0, 0.1) is 12.8 Å². The molecule has 0 saturated carbocycles. The summed E-state index contributed by atoms with van der Waals surface area (Å²) in [5.41, 5.74) is 1.03. The number of carboxylic acid groups (broad SMARTS) is 2. The van der Waals surface area contributed by atoms with Gasteiger partial charge in [-0.15, -0.1) is 0 Å². The molecular weight excluding hydrogens is 542 g/mol. The number of rotatable bonds is 15. The average molecular weight is 580 g/mol. The molecule has 0 unspecified atom stereocenters. The van der Waals surface area contributed by atoms with E-state index in [1.807, 2.05) is 6.92 Å². The highest BCUT2D eigenvalue weighted by Gasteiger charge is 2.29. The van der Waals surface area contributed by atoms with Crippen molar-refractivity contribution in [3.05, 3.63) is 59.7 Å². The van der Waals surface area contributed by atoms with Gasteiger partial charge in [-0.1, -0.05) is 29.8 Å². The Morgan fingerprint density at radius 2 is 1.55 bits per heavy atom. The summed E-state index contributed by atoms with van der Waals surface area (Å²) < 4.78 is 40.1. The van der Waals surface area contributed by atoms with E-state index in [2.05, 4.69) is 5.32 Å². The predicted molar refractivity (Wildman–Crippen MR) is 146 cm³/mol. The molecule has 0 aliphatic carbocycles. The van der Waals surface area contributed by atoms with Crippen LogP contribution in [0.2, 0.25) is 0 Å². The Labute approximate surface area is 234 Å². The van der Waals surface area contributed by atoms with Crippen LogP contribution in [0.15, 0.2) is 53.4 Å². The molecule has 40 heavy (non-hydrogen) atoms. The first-order valence-corrected chi connectivity index (χ1v) is 14.2. The number of hydrogen-bond acceptors (Lipinski definition) is 8. The van der Waals surface area contributed by atoms with E-state index in [1.54, 1.807) is 57.2 Å². The molecule has 0 fully saturated rings. The van der Waals surface area contributed by atoms with Gasteiger partial charge in [-0.05, 0) is 83.2 Å². The van der Waals surface area contributed by atoms with E-state index >= 15 is 0 Å². The fraction of sp³-hybridized carbons (Fsp3) is 0.464. The Balaban J connectivity index is 1.80. The molecule has 0 bridgehead atoms. The largest absolute Gasteiger partial charge is 0.491 e. The van der Waals surface area contributed by atoms with Crippen LogP contribution in [0.5, 0.6) is 5.75 Å². The average Bonchev–Trinajstić information content (AvgIpc) is 2.85. The fourth-order valence-corrected chi connectivity index (χ4v) is 4.57. The van der Waals surface area contributed by atoms with Gasteiger partial charge in [0.05, 0.1) is 10.8 Å². The molecule has 0 heterocycles. The van der Waals surface area contributed by atoms with Gasteiger partial charge < -0.3 is 25.0 Å². The molecule has 2 atom stereocenters.